The Morgan fingerprint density at radius 3 is 2.54 bits per heavy atom. The van der Waals surface area contributed by atoms with Crippen molar-refractivity contribution in [2.24, 2.45) is 10.7 Å². The quantitative estimate of drug-likeness (QED) is 0.246. The van der Waals surface area contributed by atoms with E-state index in [2.05, 4.69) is 25.4 Å². The van der Waals surface area contributed by atoms with Crippen molar-refractivity contribution in [3.05, 3.63) is 61.8 Å². The molecule has 1 aromatic carbocycles. The van der Waals surface area contributed by atoms with Gasteiger partial charge in [-0.1, -0.05) is 34.5 Å². The van der Waals surface area contributed by atoms with E-state index in [9.17, 15) is 24.4 Å². The zero-order chi connectivity index (χ0) is 27.5. The molecule has 1 fully saturated rings. The second kappa shape index (κ2) is 11.9. The lowest BCUT2D eigenvalue weighted by Gasteiger charge is -2.25. The summed E-state index contributed by atoms with van der Waals surface area (Å²) in [5.74, 6) is -0.941. The molecule has 3 rings (SSSR count). The number of halogens is 2. The van der Waals surface area contributed by atoms with Gasteiger partial charge >= 0.3 is 19.8 Å². The number of rotatable bonds is 9. The molecule has 37 heavy (non-hydrogen) atoms. The number of nitrogens with one attached hydrogen (secondary N) is 1. The highest BCUT2D eigenvalue weighted by Crippen LogP contribution is 2.43. The Balaban J connectivity index is 1.98. The van der Waals surface area contributed by atoms with Crippen LogP contribution in [-0.2, 0) is 18.8 Å². The maximum absolute atomic E-state index is 15.7. The number of aliphatic hydroxyl groups is 1. The zero-order valence-corrected chi connectivity index (χ0v) is 22.7. The van der Waals surface area contributed by atoms with E-state index in [0.717, 1.165) is 35.3 Å². The van der Waals surface area contributed by atoms with E-state index in [-0.39, 0.29) is 11.7 Å². The van der Waals surface area contributed by atoms with Gasteiger partial charge in [-0.05, 0) is 37.1 Å². The first kappa shape index (κ1) is 29.1. The summed E-state index contributed by atoms with van der Waals surface area (Å²) in [6, 6.07) is 6.18. The predicted molar refractivity (Wildman–Crippen MR) is 130 cm³/mol. The standard InChI is InChI=1S/C22H26BrFN3O9P/c1-11(2)15(18(30)33-4)26-37(32)36-19(34-13-7-5-12(23)6-8-13)16-17(29)22(3,24)20(35-16)27-10-9-14(28)25-21(27)31/h5-11,15-17,19-20,29H,1-4H3,(H,25,28,31)/t15?,16-,17-,19?,20-,22-/m1/s1. The number of ether oxygens (including phenoxy) is 3. The lowest BCUT2D eigenvalue weighted by molar-refractivity contribution is -0.206. The van der Waals surface area contributed by atoms with Crippen LogP contribution in [0.15, 0.2) is 55.3 Å². The van der Waals surface area contributed by atoms with Gasteiger partial charge in [0.2, 0.25) is 0 Å². The minimum atomic E-state index is -2.97. The van der Waals surface area contributed by atoms with Gasteiger partial charge in [0.05, 0.1) is 7.11 Å². The Bertz CT molecular complexity index is 1250. The van der Waals surface area contributed by atoms with Crippen LogP contribution >= 0.6 is 24.1 Å². The van der Waals surface area contributed by atoms with E-state index in [1.807, 2.05) is 4.98 Å². The molecule has 15 heteroatoms. The molecule has 1 aliphatic heterocycles. The van der Waals surface area contributed by atoms with Crippen LogP contribution in [0.2, 0.25) is 0 Å². The van der Waals surface area contributed by atoms with Crippen LogP contribution in [0.3, 0.4) is 0 Å². The second-order valence-electron chi connectivity index (χ2n) is 8.68. The molecule has 12 nitrogen and oxygen atoms in total. The van der Waals surface area contributed by atoms with E-state index in [1.165, 1.54) is 12.1 Å². The molecule has 1 aliphatic rings. The van der Waals surface area contributed by atoms with E-state index >= 15 is 4.39 Å². The Morgan fingerprint density at radius 1 is 1.32 bits per heavy atom. The number of esters is 1. The lowest BCUT2D eigenvalue weighted by atomic mass is 9.98. The maximum Gasteiger partial charge on any atom is 0.346 e. The van der Waals surface area contributed by atoms with Gasteiger partial charge in [0, 0.05) is 16.7 Å². The van der Waals surface area contributed by atoms with Crippen LogP contribution in [-0.4, -0.2) is 57.9 Å². The van der Waals surface area contributed by atoms with Gasteiger partial charge in [0.25, 0.3) is 11.8 Å². The minimum absolute atomic E-state index is 0.186. The number of aromatic nitrogens is 2. The first-order chi connectivity index (χ1) is 17.3. The fourth-order valence-electron chi connectivity index (χ4n) is 3.57. The summed E-state index contributed by atoms with van der Waals surface area (Å²) in [4.78, 5) is 50.6. The van der Waals surface area contributed by atoms with Crippen LogP contribution in [0.25, 0.3) is 0 Å². The molecule has 7 atom stereocenters. The topological polar surface area (TPSA) is 164 Å². The maximum atomic E-state index is 15.7. The monoisotopic (exact) mass is 605 g/mol. The van der Waals surface area contributed by atoms with E-state index < -0.39 is 61.8 Å². The molecule has 2 heterocycles. The molecule has 2 aromatic rings. The molecule has 1 aromatic heterocycles. The molecule has 0 saturated carbocycles. The molecule has 0 bridgehead atoms. The van der Waals surface area contributed by atoms with Crippen LogP contribution in [0, 0.1) is 5.92 Å². The van der Waals surface area contributed by atoms with Crippen molar-refractivity contribution in [3.8, 4) is 5.75 Å². The molecule has 0 amide bonds. The van der Waals surface area contributed by atoms with Gasteiger partial charge in [-0.15, -0.1) is 4.52 Å². The molecule has 202 valence electrons. The first-order valence-electron chi connectivity index (χ1n) is 11.0. The molecule has 1 saturated heterocycles. The SMILES string of the molecule is COC(=O)C(/N=[P+](\[O-])OC(Oc1ccc(Br)cc1)[C@@H]1O[C@@H](n2ccc(=O)[nH]c2=O)[C@](C)(F)[C@@H]1O)C(C)C. The number of H-pyrrole nitrogens is 1. The van der Waals surface area contributed by atoms with Crippen LogP contribution in [0.1, 0.15) is 27.0 Å². The lowest BCUT2D eigenvalue weighted by Crippen LogP contribution is -2.46. The number of hydrogen-bond acceptors (Lipinski definition) is 10. The third-order valence-corrected chi connectivity index (χ3v) is 6.94. The summed E-state index contributed by atoms with van der Waals surface area (Å²) >= 11 is 3.28. The number of hydrogen-bond donors (Lipinski definition) is 2. The zero-order valence-electron chi connectivity index (χ0n) is 20.2. The van der Waals surface area contributed by atoms with Crippen molar-refractivity contribution >= 4 is 30.1 Å². The number of carbonyl (C=O) groups is 1. The Morgan fingerprint density at radius 2 is 1.97 bits per heavy atom. The second-order valence-corrected chi connectivity index (χ2v) is 10.5. The highest BCUT2D eigenvalue weighted by molar-refractivity contribution is 9.10. The average Bonchev–Trinajstić information content (AvgIpc) is 3.06. The van der Waals surface area contributed by atoms with Crippen LogP contribution in [0.4, 0.5) is 4.39 Å². The van der Waals surface area contributed by atoms with Crippen molar-refractivity contribution in [2.45, 2.75) is 57.2 Å². The van der Waals surface area contributed by atoms with Gasteiger partial charge < -0.3 is 24.2 Å². The highest BCUT2D eigenvalue weighted by atomic mass is 79.9. The number of benzene rings is 1. The Kier molecular flexibility index (Phi) is 9.37. The fourth-order valence-corrected chi connectivity index (χ4v) is 4.80. The van der Waals surface area contributed by atoms with Gasteiger partial charge in [0.1, 0.15) is 11.9 Å². The van der Waals surface area contributed by atoms with E-state index in [1.54, 1.807) is 26.0 Å². The largest absolute Gasteiger partial charge is 0.583 e. The van der Waals surface area contributed by atoms with Crippen LogP contribution < -0.4 is 20.9 Å². The van der Waals surface area contributed by atoms with Crippen molar-refractivity contribution < 1.29 is 37.9 Å². The summed E-state index contributed by atoms with van der Waals surface area (Å²) in [7, 11) is -1.81. The number of aliphatic hydroxyl groups excluding tert-OH is 1. The summed E-state index contributed by atoms with van der Waals surface area (Å²) < 4.78 is 42.7. The minimum Gasteiger partial charge on any atom is -0.583 e. The number of aromatic amines is 1. The van der Waals surface area contributed by atoms with Crippen molar-refractivity contribution in [1.29, 1.82) is 0 Å². The first-order valence-corrected chi connectivity index (χ1v) is 13.0. The van der Waals surface area contributed by atoms with Crippen molar-refractivity contribution in [2.75, 3.05) is 7.11 Å². The molecule has 2 N–H and O–H groups in total. The number of alkyl halides is 1. The van der Waals surface area contributed by atoms with E-state index in [4.69, 9.17) is 14.0 Å². The number of nitrogens with zero attached hydrogens (tertiary/aromatic N) is 2. The van der Waals surface area contributed by atoms with Crippen molar-refractivity contribution in [3.63, 3.8) is 0 Å². The average molecular weight is 606 g/mol. The fraction of sp³-hybridized carbons (Fsp3) is 0.500. The number of carbonyl (C=O) groups excluding carboxylic acids is 1. The molecular weight excluding hydrogens is 580 g/mol. The normalized spacial score (nSPS) is 25.6. The third-order valence-electron chi connectivity index (χ3n) is 5.58. The predicted octanol–water partition coefficient (Wildman–Crippen LogP) is 1.76. The molecular formula is C22H26BrFN3O9P. The van der Waals surface area contributed by atoms with Crippen LogP contribution in [0.5, 0.6) is 5.75 Å². The molecule has 0 radical (unpaired) electrons. The summed E-state index contributed by atoms with van der Waals surface area (Å²) in [6.45, 7) is 4.32. The summed E-state index contributed by atoms with van der Waals surface area (Å²) in [6.07, 6.45) is -5.95. The van der Waals surface area contributed by atoms with Crippen molar-refractivity contribution in [1.82, 2.24) is 9.55 Å². The molecule has 0 aliphatic carbocycles. The Labute approximate surface area is 220 Å². The van der Waals surface area contributed by atoms with Gasteiger partial charge in [-0.2, -0.15) is 0 Å². The van der Waals surface area contributed by atoms with Gasteiger partial charge in [0.15, 0.2) is 24.0 Å². The number of methoxy groups -OCH3 is 1. The summed E-state index contributed by atoms with van der Waals surface area (Å²) in [5.41, 5.74) is -4.26. The summed E-state index contributed by atoms with van der Waals surface area (Å²) in [5, 5.41) is 10.8. The highest BCUT2D eigenvalue weighted by Gasteiger charge is 2.59. The van der Waals surface area contributed by atoms with Gasteiger partial charge in [-0.25, -0.2) is 14.0 Å². The Hall–Kier alpha value is -2.48. The van der Waals surface area contributed by atoms with E-state index in [0.29, 0.717) is 0 Å². The third kappa shape index (κ3) is 6.70. The molecule has 3 unspecified atom stereocenters. The molecule has 0 spiro atoms. The van der Waals surface area contributed by atoms with Gasteiger partial charge in [-0.3, -0.25) is 14.3 Å². The smallest absolute Gasteiger partial charge is 0.346 e.